The summed E-state index contributed by atoms with van der Waals surface area (Å²) in [5.74, 6) is -0.264. The molecule has 0 saturated carbocycles. The van der Waals surface area contributed by atoms with Crippen molar-refractivity contribution in [2.75, 3.05) is 0 Å². The maximum atomic E-state index is 12.5. The number of hydrogen-bond donors (Lipinski definition) is 1. The van der Waals surface area contributed by atoms with E-state index in [1.807, 2.05) is 6.07 Å². The first-order chi connectivity index (χ1) is 9.68. The van der Waals surface area contributed by atoms with Crippen molar-refractivity contribution >= 4 is 11.6 Å². The van der Waals surface area contributed by atoms with E-state index in [9.17, 15) is 14.7 Å². The third kappa shape index (κ3) is 2.14. The second-order valence-corrected chi connectivity index (χ2v) is 5.27. The van der Waals surface area contributed by atoms with Crippen LogP contribution in [0.4, 0.5) is 0 Å². The molecule has 20 heavy (non-hydrogen) atoms. The molecule has 0 aliphatic heterocycles. The Morgan fingerprint density at radius 3 is 2.30 bits per heavy atom. The molecular formula is C17H16O3. The lowest BCUT2D eigenvalue weighted by molar-refractivity contribution is -0.117. The van der Waals surface area contributed by atoms with Crippen LogP contribution in [0.2, 0.25) is 0 Å². The minimum Gasteiger partial charge on any atom is -0.384 e. The zero-order valence-electron chi connectivity index (χ0n) is 11.1. The highest BCUT2D eigenvalue weighted by atomic mass is 16.3. The number of ketones is 2. The van der Waals surface area contributed by atoms with Crippen LogP contribution in [-0.4, -0.2) is 16.7 Å². The molecule has 1 N–H and O–H groups in total. The maximum absolute atomic E-state index is 12.5. The highest BCUT2D eigenvalue weighted by Gasteiger charge is 2.33. The third-order valence-corrected chi connectivity index (χ3v) is 4.00. The second-order valence-electron chi connectivity index (χ2n) is 5.27. The summed E-state index contributed by atoms with van der Waals surface area (Å²) in [7, 11) is 0. The number of allylic oxidation sites excluding steroid dienone is 3. The zero-order chi connectivity index (χ0) is 14.1. The quantitative estimate of drug-likeness (QED) is 0.839. The highest BCUT2D eigenvalue weighted by Crippen LogP contribution is 2.35. The lowest BCUT2D eigenvalue weighted by Crippen LogP contribution is -2.24. The van der Waals surface area contributed by atoms with Gasteiger partial charge in [0.15, 0.2) is 11.6 Å². The first-order valence-corrected chi connectivity index (χ1v) is 6.94. The molecule has 3 nitrogen and oxygen atoms in total. The lowest BCUT2D eigenvalue weighted by Gasteiger charge is -2.25. The average Bonchev–Trinajstić information content (AvgIpc) is 2.51. The molecule has 0 spiro atoms. The van der Waals surface area contributed by atoms with Crippen LogP contribution < -0.4 is 0 Å². The van der Waals surface area contributed by atoms with E-state index in [4.69, 9.17) is 0 Å². The minimum absolute atomic E-state index is 0.107. The van der Waals surface area contributed by atoms with Crippen molar-refractivity contribution in [1.29, 1.82) is 0 Å². The minimum atomic E-state index is -1.02. The van der Waals surface area contributed by atoms with Crippen LogP contribution in [0.3, 0.4) is 0 Å². The molecule has 1 aromatic rings. The lowest BCUT2D eigenvalue weighted by atomic mass is 9.79. The second kappa shape index (κ2) is 5.17. The zero-order valence-corrected chi connectivity index (χ0v) is 11.1. The highest BCUT2D eigenvalue weighted by molar-refractivity contribution is 6.23. The van der Waals surface area contributed by atoms with Crippen molar-refractivity contribution in [1.82, 2.24) is 0 Å². The number of carbonyl (C=O) groups excluding carboxylic acids is 2. The Labute approximate surface area is 117 Å². The van der Waals surface area contributed by atoms with Crippen LogP contribution in [-0.2, 0) is 9.59 Å². The molecule has 3 heteroatoms. The van der Waals surface area contributed by atoms with E-state index < -0.39 is 6.10 Å². The third-order valence-electron chi connectivity index (χ3n) is 4.00. The van der Waals surface area contributed by atoms with E-state index in [-0.39, 0.29) is 17.1 Å². The number of Topliss-reactive ketones (excluding diaryl/α,β-unsaturated/α-hetero) is 1. The predicted molar refractivity (Wildman–Crippen MR) is 75.0 cm³/mol. The molecule has 2 aliphatic carbocycles. The van der Waals surface area contributed by atoms with Crippen LogP contribution in [0.25, 0.3) is 0 Å². The van der Waals surface area contributed by atoms with Gasteiger partial charge >= 0.3 is 0 Å². The van der Waals surface area contributed by atoms with Crippen molar-refractivity contribution in [2.45, 2.75) is 31.8 Å². The van der Waals surface area contributed by atoms with Crippen molar-refractivity contribution in [3.63, 3.8) is 0 Å². The Morgan fingerprint density at radius 1 is 0.950 bits per heavy atom. The molecule has 2 aliphatic rings. The van der Waals surface area contributed by atoms with Crippen LogP contribution in [0.5, 0.6) is 0 Å². The number of rotatable bonds is 2. The molecule has 0 saturated heterocycles. The van der Waals surface area contributed by atoms with Crippen LogP contribution in [0.15, 0.2) is 53.1 Å². The molecule has 0 heterocycles. The molecular weight excluding hydrogens is 252 g/mol. The number of hydrogen-bond acceptors (Lipinski definition) is 3. The molecule has 3 rings (SSSR count). The van der Waals surface area contributed by atoms with Crippen LogP contribution in [0, 0.1) is 0 Å². The number of aliphatic hydroxyl groups is 1. The van der Waals surface area contributed by atoms with Crippen LogP contribution >= 0.6 is 0 Å². The van der Waals surface area contributed by atoms with Gasteiger partial charge in [-0.1, -0.05) is 30.3 Å². The van der Waals surface area contributed by atoms with Gasteiger partial charge in [-0.3, -0.25) is 9.59 Å². The van der Waals surface area contributed by atoms with Gasteiger partial charge in [0.2, 0.25) is 0 Å². The summed E-state index contributed by atoms with van der Waals surface area (Å²) in [6, 6.07) is 8.97. The fourth-order valence-electron chi connectivity index (χ4n) is 2.91. The van der Waals surface area contributed by atoms with Gasteiger partial charge in [-0.05, 0) is 37.3 Å². The molecule has 1 unspecified atom stereocenters. The first kappa shape index (κ1) is 13.0. The Hall–Kier alpha value is -2.00. The summed E-state index contributed by atoms with van der Waals surface area (Å²) in [5.41, 5.74) is 2.13. The SMILES string of the molecule is O=C1C=C(C(O)c2ccccc2)C(=O)C2=C1CCCC2. The Balaban J connectivity index is 1.96. The number of aliphatic hydroxyl groups excluding tert-OH is 1. The van der Waals surface area contributed by atoms with Crippen molar-refractivity contribution in [2.24, 2.45) is 0 Å². The van der Waals surface area contributed by atoms with E-state index >= 15 is 0 Å². The first-order valence-electron chi connectivity index (χ1n) is 6.94. The van der Waals surface area contributed by atoms with Gasteiger partial charge in [-0.15, -0.1) is 0 Å². The molecule has 0 aromatic heterocycles. The van der Waals surface area contributed by atoms with Crippen molar-refractivity contribution in [3.05, 3.63) is 58.7 Å². The van der Waals surface area contributed by atoms with E-state index in [0.717, 1.165) is 12.8 Å². The summed E-state index contributed by atoms with van der Waals surface area (Å²) >= 11 is 0. The summed E-state index contributed by atoms with van der Waals surface area (Å²) in [6.07, 6.45) is 3.53. The van der Waals surface area contributed by atoms with E-state index in [1.54, 1.807) is 24.3 Å². The van der Waals surface area contributed by atoms with Crippen LogP contribution in [0.1, 0.15) is 37.4 Å². The van der Waals surface area contributed by atoms with E-state index in [1.165, 1.54) is 6.08 Å². The molecule has 0 radical (unpaired) electrons. The van der Waals surface area contributed by atoms with Gasteiger partial charge in [0.05, 0.1) is 0 Å². The Kier molecular flexibility index (Phi) is 3.36. The Bertz CT molecular complexity index is 623. The monoisotopic (exact) mass is 268 g/mol. The smallest absolute Gasteiger partial charge is 0.188 e. The molecule has 0 amide bonds. The van der Waals surface area contributed by atoms with Gasteiger partial charge in [0, 0.05) is 16.7 Å². The van der Waals surface area contributed by atoms with Crippen molar-refractivity contribution < 1.29 is 14.7 Å². The van der Waals surface area contributed by atoms with E-state index in [0.29, 0.717) is 29.6 Å². The summed E-state index contributed by atoms with van der Waals surface area (Å²) in [4.78, 5) is 24.6. The molecule has 102 valence electrons. The number of benzene rings is 1. The van der Waals surface area contributed by atoms with Gasteiger partial charge in [-0.25, -0.2) is 0 Å². The van der Waals surface area contributed by atoms with Gasteiger partial charge in [-0.2, -0.15) is 0 Å². The van der Waals surface area contributed by atoms with Gasteiger partial charge in [0.25, 0.3) is 0 Å². The summed E-state index contributed by atoms with van der Waals surface area (Å²) in [5, 5.41) is 10.4. The van der Waals surface area contributed by atoms with Crippen molar-refractivity contribution in [3.8, 4) is 0 Å². The van der Waals surface area contributed by atoms with Gasteiger partial charge in [0.1, 0.15) is 6.10 Å². The molecule has 0 fully saturated rings. The fourth-order valence-corrected chi connectivity index (χ4v) is 2.91. The average molecular weight is 268 g/mol. The largest absolute Gasteiger partial charge is 0.384 e. The molecule has 1 aromatic carbocycles. The van der Waals surface area contributed by atoms with E-state index in [2.05, 4.69) is 0 Å². The fraction of sp³-hybridized carbons (Fsp3) is 0.294. The summed E-state index contributed by atoms with van der Waals surface area (Å²) < 4.78 is 0. The Morgan fingerprint density at radius 2 is 1.60 bits per heavy atom. The normalized spacial score (nSPS) is 20.6. The standard InChI is InChI=1S/C17H16O3/c18-15-10-14(16(19)11-6-2-1-3-7-11)17(20)13-9-5-4-8-12(13)15/h1-3,6-7,10,16,19H,4-5,8-9H2. The summed E-state index contributed by atoms with van der Waals surface area (Å²) in [6.45, 7) is 0. The maximum Gasteiger partial charge on any atom is 0.188 e. The predicted octanol–water partition coefficient (Wildman–Crippen LogP) is 2.67. The molecule has 1 atom stereocenters. The number of carbonyl (C=O) groups is 2. The topological polar surface area (TPSA) is 54.4 Å². The van der Waals surface area contributed by atoms with Gasteiger partial charge < -0.3 is 5.11 Å². The molecule has 0 bridgehead atoms.